The maximum absolute atomic E-state index is 12.5. The molecule has 3 aromatic rings. The molecule has 0 unspecified atom stereocenters. The highest BCUT2D eigenvalue weighted by Crippen LogP contribution is 2.29. The lowest BCUT2D eigenvalue weighted by Crippen LogP contribution is -2.25. The maximum atomic E-state index is 12.5. The molecule has 9 heteroatoms. The number of anilines is 3. The zero-order chi connectivity index (χ0) is 21.7. The van der Waals surface area contributed by atoms with Crippen molar-refractivity contribution >= 4 is 27.5 Å². The summed E-state index contributed by atoms with van der Waals surface area (Å²) in [6.45, 7) is 3.61. The molecule has 1 aliphatic heterocycles. The Morgan fingerprint density at radius 3 is 2.68 bits per heavy atom. The molecule has 4 rings (SSSR count). The van der Waals surface area contributed by atoms with E-state index >= 15 is 0 Å². The smallest absolute Gasteiger partial charge is 0.240 e. The number of fused-ring (bicyclic) bond motifs is 4. The highest BCUT2D eigenvalue weighted by atomic mass is 32.2. The molecule has 0 spiro atoms. The Bertz CT molecular complexity index is 1150. The number of hydrogen-bond acceptors (Lipinski definition) is 7. The van der Waals surface area contributed by atoms with E-state index in [1.54, 1.807) is 30.5 Å². The van der Waals surface area contributed by atoms with E-state index in [2.05, 4.69) is 25.3 Å². The van der Waals surface area contributed by atoms with Gasteiger partial charge in [-0.05, 0) is 55.7 Å². The van der Waals surface area contributed by atoms with Crippen LogP contribution in [-0.2, 0) is 10.0 Å². The van der Waals surface area contributed by atoms with Crippen molar-refractivity contribution in [2.24, 2.45) is 0 Å². The molecule has 0 saturated heterocycles. The maximum Gasteiger partial charge on any atom is 0.240 e. The van der Waals surface area contributed by atoms with Crippen LogP contribution in [0.2, 0.25) is 0 Å². The van der Waals surface area contributed by atoms with Crippen LogP contribution in [0.5, 0.6) is 5.75 Å². The van der Waals surface area contributed by atoms with Crippen LogP contribution in [0.25, 0.3) is 11.1 Å². The minimum atomic E-state index is -3.55. The molecule has 0 atom stereocenters. The Morgan fingerprint density at radius 2 is 1.87 bits per heavy atom. The van der Waals surface area contributed by atoms with Crippen molar-refractivity contribution < 1.29 is 13.2 Å². The topological polar surface area (TPSA) is 105 Å². The zero-order valence-electron chi connectivity index (χ0n) is 17.3. The lowest BCUT2D eigenvalue weighted by molar-refractivity contribution is 0.340. The quantitative estimate of drug-likeness (QED) is 0.570. The molecular weight excluding hydrogens is 414 g/mol. The summed E-state index contributed by atoms with van der Waals surface area (Å²) in [6.07, 6.45) is 3.26. The molecule has 0 radical (unpaired) electrons. The van der Waals surface area contributed by atoms with Gasteiger partial charge in [0.05, 0.1) is 11.5 Å². The standard InChI is InChI=1S/C22H25N5O3S/c1-2-30-18-10-8-16(9-11-18)20-15-24-22-26-17-6-5-7-19(14-17)31(28,29)25-13-4-3-12-23-21(20)27-22/h5-11,14-15,25H,2-4,12-13H2,1H3,(H2,23,24,26,27). The number of benzene rings is 2. The van der Waals surface area contributed by atoms with Crippen LogP contribution in [0, 0.1) is 0 Å². The van der Waals surface area contributed by atoms with Crippen LogP contribution < -0.4 is 20.1 Å². The van der Waals surface area contributed by atoms with Gasteiger partial charge in [-0.1, -0.05) is 18.2 Å². The summed E-state index contributed by atoms with van der Waals surface area (Å²) in [5.74, 6) is 1.92. The van der Waals surface area contributed by atoms with E-state index in [1.165, 1.54) is 0 Å². The summed E-state index contributed by atoms with van der Waals surface area (Å²) in [6, 6.07) is 14.4. The summed E-state index contributed by atoms with van der Waals surface area (Å²) < 4.78 is 33.2. The molecule has 162 valence electrons. The second kappa shape index (κ2) is 9.32. The molecule has 1 aromatic heterocycles. The molecule has 0 saturated carbocycles. The van der Waals surface area contributed by atoms with Gasteiger partial charge in [0.25, 0.3) is 0 Å². The van der Waals surface area contributed by atoms with Crippen LogP contribution in [-0.4, -0.2) is 38.1 Å². The van der Waals surface area contributed by atoms with E-state index in [0.29, 0.717) is 37.8 Å². The van der Waals surface area contributed by atoms with Crippen LogP contribution in [0.1, 0.15) is 19.8 Å². The molecule has 0 fully saturated rings. The molecule has 0 amide bonds. The minimum absolute atomic E-state index is 0.207. The van der Waals surface area contributed by atoms with Crippen LogP contribution in [0.15, 0.2) is 59.6 Å². The number of hydrogen-bond donors (Lipinski definition) is 3. The first kappa shape index (κ1) is 21.1. The van der Waals surface area contributed by atoms with Gasteiger partial charge in [-0.2, -0.15) is 4.98 Å². The fourth-order valence-corrected chi connectivity index (χ4v) is 4.42. The van der Waals surface area contributed by atoms with E-state index < -0.39 is 10.0 Å². The number of ether oxygens (including phenoxy) is 1. The Kier molecular flexibility index (Phi) is 6.34. The number of nitrogens with zero attached hydrogens (tertiary/aromatic N) is 2. The predicted octanol–water partition coefficient (Wildman–Crippen LogP) is 3.77. The van der Waals surface area contributed by atoms with Crippen molar-refractivity contribution in [2.45, 2.75) is 24.7 Å². The fraction of sp³-hybridized carbons (Fsp3) is 0.273. The largest absolute Gasteiger partial charge is 0.494 e. The van der Waals surface area contributed by atoms with Crippen LogP contribution in [0.3, 0.4) is 0 Å². The van der Waals surface area contributed by atoms with Crippen molar-refractivity contribution in [1.82, 2.24) is 14.7 Å². The summed E-state index contributed by atoms with van der Waals surface area (Å²) in [4.78, 5) is 9.31. The van der Waals surface area contributed by atoms with Crippen molar-refractivity contribution in [1.29, 1.82) is 0 Å². The Hall–Kier alpha value is -3.17. The summed E-state index contributed by atoms with van der Waals surface area (Å²) in [7, 11) is -3.55. The van der Waals surface area contributed by atoms with Gasteiger partial charge in [0.15, 0.2) is 0 Å². The minimum Gasteiger partial charge on any atom is -0.494 e. The molecule has 31 heavy (non-hydrogen) atoms. The summed E-state index contributed by atoms with van der Waals surface area (Å²) in [5.41, 5.74) is 2.46. The summed E-state index contributed by atoms with van der Waals surface area (Å²) in [5, 5.41) is 6.48. The number of rotatable bonds is 3. The Balaban J connectivity index is 1.69. The van der Waals surface area contributed by atoms with E-state index in [9.17, 15) is 8.42 Å². The first-order chi connectivity index (χ1) is 15.0. The molecule has 2 heterocycles. The normalized spacial score (nSPS) is 15.8. The Labute approximate surface area is 182 Å². The van der Waals surface area contributed by atoms with Gasteiger partial charge in [-0.15, -0.1) is 0 Å². The third-order valence-electron chi connectivity index (χ3n) is 4.85. The highest BCUT2D eigenvalue weighted by molar-refractivity contribution is 7.89. The second-order valence-electron chi connectivity index (χ2n) is 7.10. The fourth-order valence-electron chi connectivity index (χ4n) is 3.30. The van der Waals surface area contributed by atoms with Gasteiger partial charge in [0.1, 0.15) is 11.6 Å². The van der Waals surface area contributed by atoms with Crippen molar-refractivity contribution in [3.8, 4) is 16.9 Å². The molecule has 1 aliphatic rings. The predicted molar refractivity (Wildman–Crippen MR) is 121 cm³/mol. The third kappa shape index (κ3) is 5.12. The third-order valence-corrected chi connectivity index (χ3v) is 6.31. The van der Waals surface area contributed by atoms with E-state index in [4.69, 9.17) is 4.74 Å². The molecule has 2 aromatic carbocycles. The van der Waals surface area contributed by atoms with Crippen LogP contribution >= 0.6 is 0 Å². The van der Waals surface area contributed by atoms with Gasteiger partial charge in [0.2, 0.25) is 16.0 Å². The number of nitrogens with one attached hydrogen (secondary N) is 3. The molecule has 4 bridgehead atoms. The lowest BCUT2D eigenvalue weighted by atomic mass is 10.1. The SMILES string of the molecule is CCOc1ccc(-c2cnc3nc2NCCCCNS(=O)(=O)c2cccc(c2)N3)cc1. The van der Waals surface area contributed by atoms with Gasteiger partial charge in [-0.3, -0.25) is 0 Å². The monoisotopic (exact) mass is 439 g/mol. The molecule has 8 nitrogen and oxygen atoms in total. The zero-order valence-corrected chi connectivity index (χ0v) is 18.1. The van der Waals surface area contributed by atoms with Crippen molar-refractivity contribution in [2.75, 3.05) is 30.3 Å². The molecule has 3 N–H and O–H groups in total. The first-order valence-corrected chi connectivity index (χ1v) is 11.7. The van der Waals surface area contributed by atoms with E-state index in [-0.39, 0.29) is 4.90 Å². The van der Waals surface area contributed by atoms with Gasteiger partial charge in [-0.25, -0.2) is 18.1 Å². The lowest BCUT2D eigenvalue weighted by Gasteiger charge is -2.15. The average Bonchev–Trinajstić information content (AvgIpc) is 2.77. The average molecular weight is 440 g/mol. The number of sulfonamides is 1. The summed E-state index contributed by atoms with van der Waals surface area (Å²) >= 11 is 0. The van der Waals surface area contributed by atoms with Gasteiger partial charge in [0, 0.05) is 30.5 Å². The van der Waals surface area contributed by atoms with E-state index in [0.717, 1.165) is 29.1 Å². The number of aromatic nitrogens is 2. The molecular formula is C22H25N5O3S. The highest BCUT2D eigenvalue weighted by Gasteiger charge is 2.15. The van der Waals surface area contributed by atoms with Gasteiger partial charge < -0.3 is 15.4 Å². The van der Waals surface area contributed by atoms with Crippen LogP contribution in [0.4, 0.5) is 17.5 Å². The van der Waals surface area contributed by atoms with Gasteiger partial charge >= 0.3 is 0 Å². The van der Waals surface area contributed by atoms with Crippen molar-refractivity contribution in [3.05, 3.63) is 54.7 Å². The molecule has 0 aliphatic carbocycles. The van der Waals surface area contributed by atoms with Crippen molar-refractivity contribution in [3.63, 3.8) is 0 Å². The first-order valence-electron chi connectivity index (χ1n) is 10.3. The second-order valence-corrected chi connectivity index (χ2v) is 8.86. The Morgan fingerprint density at radius 1 is 1.06 bits per heavy atom. The van der Waals surface area contributed by atoms with E-state index in [1.807, 2.05) is 31.2 Å².